The van der Waals surface area contributed by atoms with Gasteiger partial charge in [0, 0.05) is 6.20 Å². The summed E-state index contributed by atoms with van der Waals surface area (Å²) < 4.78 is 1.87. The van der Waals surface area contributed by atoms with E-state index < -0.39 is 0 Å². The van der Waals surface area contributed by atoms with E-state index in [1.54, 1.807) is 0 Å². The van der Waals surface area contributed by atoms with Gasteiger partial charge >= 0.3 is 0 Å². The van der Waals surface area contributed by atoms with Crippen molar-refractivity contribution in [1.29, 1.82) is 0 Å². The molecule has 1 aromatic heterocycles. The van der Waals surface area contributed by atoms with Crippen molar-refractivity contribution < 1.29 is 0 Å². The standard InChI is InChI=1S/C13H16ClN3/c1-10-13(14)9-17(16-10)8-12-5-3-2-4-11(12)6-7-15/h2-5,9H,6-8,15H2,1H3. The fraction of sp³-hybridized carbons (Fsp3) is 0.308. The lowest BCUT2D eigenvalue weighted by Gasteiger charge is -2.08. The normalized spacial score (nSPS) is 10.8. The SMILES string of the molecule is Cc1nn(Cc2ccccc2CCN)cc1Cl. The Morgan fingerprint density at radius 2 is 2.00 bits per heavy atom. The first kappa shape index (κ1) is 12.1. The molecule has 2 rings (SSSR count). The van der Waals surface area contributed by atoms with E-state index >= 15 is 0 Å². The number of aromatic nitrogens is 2. The zero-order valence-corrected chi connectivity index (χ0v) is 10.6. The molecule has 0 radical (unpaired) electrons. The van der Waals surface area contributed by atoms with E-state index in [2.05, 4.69) is 17.2 Å². The topological polar surface area (TPSA) is 43.8 Å². The number of aryl methyl sites for hydroxylation is 1. The van der Waals surface area contributed by atoms with Crippen LogP contribution in [0.5, 0.6) is 0 Å². The van der Waals surface area contributed by atoms with Gasteiger partial charge < -0.3 is 5.73 Å². The second-order valence-electron chi connectivity index (χ2n) is 4.07. The Kier molecular flexibility index (Phi) is 3.82. The van der Waals surface area contributed by atoms with Crippen molar-refractivity contribution in [3.05, 3.63) is 52.3 Å². The van der Waals surface area contributed by atoms with E-state index in [-0.39, 0.29) is 0 Å². The molecule has 0 aliphatic heterocycles. The summed E-state index contributed by atoms with van der Waals surface area (Å²) in [6.45, 7) is 3.31. The Morgan fingerprint density at radius 1 is 1.29 bits per heavy atom. The van der Waals surface area contributed by atoms with Crippen LogP contribution in [0.2, 0.25) is 5.02 Å². The van der Waals surface area contributed by atoms with Crippen molar-refractivity contribution in [3.8, 4) is 0 Å². The molecule has 0 unspecified atom stereocenters. The molecule has 0 amide bonds. The average molecular weight is 250 g/mol. The van der Waals surface area contributed by atoms with Crippen LogP contribution in [0.25, 0.3) is 0 Å². The highest BCUT2D eigenvalue weighted by Gasteiger charge is 2.05. The Bertz CT molecular complexity index is 486. The minimum atomic E-state index is 0.663. The average Bonchev–Trinajstić information content (AvgIpc) is 2.61. The highest BCUT2D eigenvalue weighted by molar-refractivity contribution is 6.31. The lowest BCUT2D eigenvalue weighted by atomic mass is 10.0. The van der Waals surface area contributed by atoms with Gasteiger partial charge in [-0.3, -0.25) is 4.68 Å². The van der Waals surface area contributed by atoms with Gasteiger partial charge in [-0.1, -0.05) is 35.9 Å². The molecule has 0 atom stereocenters. The molecule has 1 aromatic carbocycles. The van der Waals surface area contributed by atoms with Crippen LogP contribution in [0, 0.1) is 6.92 Å². The Morgan fingerprint density at radius 3 is 2.59 bits per heavy atom. The lowest BCUT2D eigenvalue weighted by molar-refractivity contribution is 0.673. The van der Waals surface area contributed by atoms with Crippen LogP contribution in [0.4, 0.5) is 0 Å². The monoisotopic (exact) mass is 249 g/mol. The molecule has 90 valence electrons. The first-order valence-corrected chi connectivity index (χ1v) is 6.05. The maximum absolute atomic E-state index is 5.99. The van der Waals surface area contributed by atoms with E-state index in [0.717, 1.165) is 18.7 Å². The van der Waals surface area contributed by atoms with Gasteiger partial charge in [0.1, 0.15) is 0 Å². The molecule has 0 aliphatic rings. The van der Waals surface area contributed by atoms with Crippen molar-refractivity contribution in [3.63, 3.8) is 0 Å². The number of nitrogens with two attached hydrogens (primary N) is 1. The Balaban J connectivity index is 2.23. The molecular weight excluding hydrogens is 234 g/mol. The first-order chi connectivity index (χ1) is 8.20. The van der Waals surface area contributed by atoms with E-state index in [9.17, 15) is 0 Å². The first-order valence-electron chi connectivity index (χ1n) is 5.67. The number of hydrogen-bond donors (Lipinski definition) is 1. The molecule has 0 saturated carbocycles. The quantitative estimate of drug-likeness (QED) is 0.904. The maximum Gasteiger partial charge on any atom is 0.0815 e. The molecule has 2 N–H and O–H groups in total. The summed E-state index contributed by atoms with van der Waals surface area (Å²) in [5.74, 6) is 0. The van der Waals surface area contributed by atoms with Crippen LogP contribution in [0.1, 0.15) is 16.8 Å². The fourth-order valence-corrected chi connectivity index (χ4v) is 2.01. The number of rotatable bonds is 4. The summed E-state index contributed by atoms with van der Waals surface area (Å²) in [5, 5.41) is 5.07. The third-order valence-corrected chi connectivity index (χ3v) is 3.12. The maximum atomic E-state index is 5.99. The molecule has 0 aliphatic carbocycles. The summed E-state index contributed by atoms with van der Waals surface area (Å²) in [7, 11) is 0. The molecule has 17 heavy (non-hydrogen) atoms. The molecular formula is C13H16ClN3. The van der Waals surface area contributed by atoms with Gasteiger partial charge in [-0.05, 0) is 31.0 Å². The smallest absolute Gasteiger partial charge is 0.0815 e. The van der Waals surface area contributed by atoms with Crippen LogP contribution in [0.3, 0.4) is 0 Å². The minimum absolute atomic E-state index is 0.663. The van der Waals surface area contributed by atoms with Gasteiger partial charge in [-0.15, -0.1) is 0 Å². The minimum Gasteiger partial charge on any atom is -0.330 e. The third-order valence-electron chi connectivity index (χ3n) is 2.75. The van der Waals surface area contributed by atoms with Crippen LogP contribution in [0.15, 0.2) is 30.5 Å². The van der Waals surface area contributed by atoms with Crippen molar-refractivity contribution in [2.45, 2.75) is 19.9 Å². The fourth-order valence-electron chi connectivity index (χ4n) is 1.86. The van der Waals surface area contributed by atoms with E-state index in [4.69, 9.17) is 17.3 Å². The van der Waals surface area contributed by atoms with E-state index in [1.807, 2.05) is 29.9 Å². The molecule has 0 spiro atoms. The van der Waals surface area contributed by atoms with Gasteiger partial charge in [-0.25, -0.2) is 0 Å². The Labute approximate surface area is 106 Å². The molecule has 0 bridgehead atoms. The van der Waals surface area contributed by atoms with Gasteiger partial charge in [-0.2, -0.15) is 5.10 Å². The lowest BCUT2D eigenvalue weighted by Crippen LogP contribution is -2.08. The largest absolute Gasteiger partial charge is 0.330 e. The predicted molar refractivity (Wildman–Crippen MR) is 70.3 cm³/mol. The summed E-state index contributed by atoms with van der Waals surface area (Å²) in [6, 6.07) is 8.29. The van der Waals surface area contributed by atoms with Gasteiger partial charge in [0.15, 0.2) is 0 Å². The van der Waals surface area contributed by atoms with Crippen molar-refractivity contribution in [2.24, 2.45) is 5.73 Å². The molecule has 4 heteroatoms. The van der Waals surface area contributed by atoms with Crippen LogP contribution >= 0.6 is 11.6 Å². The molecule has 0 fully saturated rings. The number of halogens is 1. The molecule has 2 aromatic rings. The predicted octanol–water partition coefficient (Wildman–Crippen LogP) is 2.39. The summed E-state index contributed by atoms with van der Waals surface area (Å²) in [5.41, 5.74) is 9.00. The zero-order valence-electron chi connectivity index (χ0n) is 9.86. The van der Waals surface area contributed by atoms with Crippen LogP contribution in [-0.2, 0) is 13.0 Å². The van der Waals surface area contributed by atoms with Gasteiger partial charge in [0.05, 0.1) is 17.3 Å². The number of hydrogen-bond acceptors (Lipinski definition) is 2. The summed E-state index contributed by atoms with van der Waals surface area (Å²) in [4.78, 5) is 0. The second-order valence-corrected chi connectivity index (χ2v) is 4.47. The van der Waals surface area contributed by atoms with Gasteiger partial charge in [0.25, 0.3) is 0 Å². The van der Waals surface area contributed by atoms with Crippen LogP contribution in [-0.4, -0.2) is 16.3 Å². The van der Waals surface area contributed by atoms with Crippen LogP contribution < -0.4 is 5.73 Å². The van der Waals surface area contributed by atoms with Crippen molar-refractivity contribution >= 4 is 11.6 Å². The van der Waals surface area contributed by atoms with E-state index in [0.29, 0.717) is 11.6 Å². The highest BCUT2D eigenvalue weighted by Crippen LogP contribution is 2.15. The van der Waals surface area contributed by atoms with Crippen molar-refractivity contribution in [2.75, 3.05) is 6.54 Å². The summed E-state index contributed by atoms with van der Waals surface area (Å²) in [6.07, 6.45) is 2.75. The third kappa shape index (κ3) is 2.87. The molecule has 0 saturated heterocycles. The van der Waals surface area contributed by atoms with Gasteiger partial charge in [0.2, 0.25) is 0 Å². The van der Waals surface area contributed by atoms with Crippen molar-refractivity contribution in [1.82, 2.24) is 9.78 Å². The Hall–Kier alpha value is -1.32. The van der Waals surface area contributed by atoms with E-state index in [1.165, 1.54) is 11.1 Å². The number of nitrogens with zero attached hydrogens (tertiary/aromatic N) is 2. The number of benzene rings is 1. The second kappa shape index (κ2) is 5.34. The molecule has 3 nitrogen and oxygen atoms in total. The molecule has 1 heterocycles. The highest BCUT2D eigenvalue weighted by atomic mass is 35.5. The zero-order chi connectivity index (χ0) is 12.3. The summed E-state index contributed by atoms with van der Waals surface area (Å²) >= 11 is 5.99.